The van der Waals surface area contributed by atoms with E-state index in [0.29, 0.717) is 12.8 Å². The molecule has 2 N–H and O–H groups in total. The number of piperidine rings is 1. The summed E-state index contributed by atoms with van der Waals surface area (Å²) in [6.07, 6.45) is 4.54. The summed E-state index contributed by atoms with van der Waals surface area (Å²) < 4.78 is 0. The van der Waals surface area contributed by atoms with Crippen molar-refractivity contribution in [2.24, 2.45) is 0 Å². The highest BCUT2D eigenvalue weighted by Gasteiger charge is 2.38. The van der Waals surface area contributed by atoms with Crippen LogP contribution in [0.5, 0.6) is 0 Å². The first kappa shape index (κ1) is 11.4. The number of likely N-dealkylation sites (tertiary alicyclic amines) is 1. The Bertz CT molecular complexity index is 230. The molecule has 1 aliphatic rings. The summed E-state index contributed by atoms with van der Waals surface area (Å²) in [6.45, 7) is 3.46. The number of carbonyl (C=O) groups excluding carboxylic acids is 1. The molecule has 0 aliphatic carbocycles. The molecule has 0 spiro atoms. The van der Waals surface area contributed by atoms with Gasteiger partial charge in [0.1, 0.15) is 5.54 Å². The first-order valence-electron chi connectivity index (χ1n) is 4.91. The van der Waals surface area contributed by atoms with Gasteiger partial charge in [-0.25, -0.2) is 0 Å². The zero-order chi connectivity index (χ0) is 10.6. The lowest BCUT2D eigenvalue weighted by atomic mass is 9.84. The fourth-order valence-corrected chi connectivity index (χ4v) is 1.72. The molecular formula is C10H18N2O2. The molecule has 0 aromatic carbocycles. The topological polar surface area (TPSA) is 52.6 Å². The Morgan fingerprint density at radius 3 is 2.50 bits per heavy atom. The van der Waals surface area contributed by atoms with Crippen LogP contribution in [0.2, 0.25) is 0 Å². The molecule has 0 amide bonds. The van der Waals surface area contributed by atoms with Crippen molar-refractivity contribution in [1.82, 2.24) is 10.4 Å². The van der Waals surface area contributed by atoms with E-state index in [-0.39, 0.29) is 5.78 Å². The van der Waals surface area contributed by atoms with Crippen LogP contribution in [-0.2, 0) is 4.79 Å². The number of carbonyl (C=O) groups is 1. The summed E-state index contributed by atoms with van der Waals surface area (Å²) in [7, 11) is 2.02. The normalized spacial score (nSPS) is 22.8. The largest absolute Gasteiger partial charge is 0.316 e. The average molecular weight is 198 g/mol. The first-order chi connectivity index (χ1) is 6.64. The quantitative estimate of drug-likeness (QED) is 0.514. The minimum atomic E-state index is -0.751. The van der Waals surface area contributed by atoms with Crippen LogP contribution in [0, 0.1) is 0 Å². The first-order valence-corrected chi connectivity index (χ1v) is 4.91. The third-order valence-corrected chi connectivity index (χ3v) is 2.84. The molecule has 0 aromatic rings. The zero-order valence-electron chi connectivity index (χ0n) is 8.79. The number of nitrogens with zero attached hydrogens (tertiary/aromatic N) is 1. The van der Waals surface area contributed by atoms with Gasteiger partial charge in [-0.1, -0.05) is 6.08 Å². The number of hydrogen-bond acceptors (Lipinski definition) is 4. The summed E-state index contributed by atoms with van der Waals surface area (Å²) in [6, 6.07) is 0. The lowest BCUT2D eigenvalue weighted by molar-refractivity contribution is -0.127. The molecule has 0 unspecified atom stereocenters. The molecule has 0 radical (unpaired) electrons. The van der Waals surface area contributed by atoms with Gasteiger partial charge in [0.05, 0.1) is 0 Å². The minimum Gasteiger partial charge on any atom is -0.316 e. The van der Waals surface area contributed by atoms with E-state index in [1.54, 1.807) is 13.0 Å². The van der Waals surface area contributed by atoms with E-state index < -0.39 is 5.54 Å². The molecule has 0 saturated carbocycles. The molecule has 1 saturated heterocycles. The van der Waals surface area contributed by atoms with E-state index in [0.717, 1.165) is 13.1 Å². The summed E-state index contributed by atoms with van der Waals surface area (Å²) >= 11 is 0. The standard InChI is InChI=1S/C10H18N2O2/c1-3-4-9(13)10(11-14)5-7-12(2)8-6-10/h3-4,11,14H,5-8H2,1-2H3/b4-3+. The van der Waals surface area contributed by atoms with Gasteiger partial charge in [-0.3, -0.25) is 4.79 Å². The van der Waals surface area contributed by atoms with Crippen molar-refractivity contribution in [2.75, 3.05) is 20.1 Å². The monoisotopic (exact) mass is 198 g/mol. The maximum absolute atomic E-state index is 11.7. The highest BCUT2D eigenvalue weighted by molar-refractivity contribution is 5.97. The molecule has 4 heteroatoms. The van der Waals surface area contributed by atoms with Crippen molar-refractivity contribution in [1.29, 1.82) is 0 Å². The Kier molecular flexibility index (Phi) is 3.80. The molecule has 1 rings (SSSR count). The molecule has 1 heterocycles. The molecule has 0 atom stereocenters. The lowest BCUT2D eigenvalue weighted by Gasteiger charge is -2.37. The van der Waals surface area contributed by atoms with Crippen molar-refractivity contribution in [2.45, 2.75) is 25.3 Å². The van der Waals surface area contributed by atoms with E-state index in [2.05, 4.69) is 10.4 Å². The van der Waals surface area contributed by atoms with Crippen molar-refractivity contribution in [3.05, 3.63) is 12.2 Å². The third kappa shape index (κ3) is 2.20. The second-order valence-corrected chi connectivity index (χ2v) is 3.86. The summed E-state index contributed by atoms with van der Waals surface area (Å²) in [5.41, 5.74) is 1.44. The van der Waals surface area contributed by atoms with Gasteiger partial charge >= 0.3 is 0 Å². The van der Waals surface area contributed by atoms with E-state index >= 15 is 0 Å². The molecule has 1 fully saturated rings. The van der Waals surface area contributed by atoms with E-state index in [1.807, 2.05) is 7.05 Å². The Morgan fingerprint density at radius 1 is 1.50 bits per heavy atom. The maximum atomic E-state index is 11.7. The number of hydroxylamine groups is 1. The van der Waals surface area contributed by atoms with E-state index in [4.69, 9.17) is 5.21 Å². The Morgan fingerprint density at radius 2 is 2.07 bits per heavy atom. The van der Waals surface area contributed by atoms with Gasteiger partial charge < -0.3 is 10.1 Å². The van der Waals surface area contributed by atoms with E-state index in [1.165, 1.54) is 6.08 Å². The average Bonchev–Trinajstić information content (AvgIpc) is 2.20. The molecule has 0 aromatic heterocycles. The van der Waals surface area contributed by atoms with Gasteiger partial charge in [-0.2, -0.15) is 5.48 Å². The van der Waals surface area contributed by atoms with Crippen molar-refractivity contribution < 1.29 is 10.0 Å². The number of rotatable bonds is 3. The Hall–Kier alpha value is -0.710. The predicted molar refractivity (Wildman–Crippen MR) is 54.2 cm³/mol. The SMILES string of the molecule is C/C=C/C(=O)C1(NO)CCN(C)CC1. The van der Waals surface area contributed by atoms with E-state index in [9.17, 15) is 4.79 Å². The van der Waals surface area contributed by atoms with Gasteiger partial charge in [0, 0.05) is 13.1 Å². The Balaban J connectivity index is 2.72. The highest BCUT2D eigenvalue weighted by atomic mass is 16.5. The molecule has 0 bridgehead atoms. The number of ketones is 1. The van der Waals surface area contributed by atoms with Crippen LogP contribution in [0.15, 0.2) is 12.2 Å². The molecule has 14 heavy (non-hydrogen) atoms. The highest BCUT2D eigenvalue weighted by Crippen LogP contribution is 2.22. The van der Waals surface area contributed by atoms with Gasteiger partial charge in [0.2, 0.25) is 0 Å². The lowest BCUT2D eigenvalue weighted by Crippen LogP contribution is -2.56. The molecular weight excluding hydrogens is 180 g/mol. The van der Waals surface area contributed by atoms with Crippen molar-refractivity contribution in [3.63, 3.8) is 0 Å². The number of allylic oxidation sites excluding steroid dienone is 1. The summed E-state index contributed by atoms with van der Waals surface area (Å²) in [4.78, 5) is 13.9. The number of nitrogens with one attached hydrogen (secondary N) is 1. The number of hydrogen-bond donors (Lipinski definition) is 2. The van der Waals surface area contributed by atoms with Crippen LogP contribution < -0.4 is 5.48 Å². The van der Waals surface area contributed by atoms with Crippen LogP contribution in [-0.4, -0.2) is 41.6 Å². The van der Waals surface area contributed by atoms with Crippen molar-refractivity contribution >= 4 is 5.78 Å². The second-order valence-electron chi connectivity index (χ2n) is 3.86. The summed E-state index contributed by atoms with van der Waals surface area (Å²) in [5.74, 6) is -0.0319. The van der Waals surface area contributed by atoms with Crippen LogP contribution >= 0.6 is 0 Å². The maximum Gasteiger partial charge on any atom is 0.177 e. The van der Waals surface area contributed by atoms with Gasteiger partial charge in [-0.05, 0) is 32.9 Å². The predicted octanol–water partition coefficient (Wildman–Crippen LogP) is 0.575. The zero-order valence-corrected chi connectivity index (χ0v) is 8.79. The van der Waals surface area contributed by atoms with Crippen LogP contribution in [0.1, 0.15) is 19.8 Å². The van der Waals surface area contributed by atoms with Gasteiger partial charge in [0.25, 0.3) is 0 Å². The molecule has 4 nitrogen and oxygen atoms in total. The fraction of sp³-hybridized carbons (Fsp3) is 0.700. The Labute approximate surface area is 84.5 Å². The summed E-state index contributed by atoms with van der Waals surface area (Å²) in [5, 5.41) is 9.10. The van der Waals surface area contributed by atoms with Gasteiger partial charge in [0.15, 0.2) is 5.78 Å². The molecule has 1 aliphatic heterocycles. The van der Waals surface area contributed by atoms with Crippen LogP contribution in [0.4, 0.5) is 0 Å². The smallest absolute Gasteiger partial charge is 0.177 e. The minimum absolute atomic E-state index is 0.0319. The molecule has 80 valence electrons. The third-order valence-electron chi connectivity index (χ3n) is 2.84. The van der Waals surface area contributed by atoms with Gasteiger partial charge in [-0.15, -0.1) is 0 Å². The fourth-order valence-electron chi connectivity index (χ4n) is 1.72. The van der Waals surface area contributed by atoms with Crippen molar-refractivity contribution in [3.8, 4) is 0 Å². The van der Waals surface area contributed by atoms with Crippen LogP contribution in [0.3, 0.4) is 0 Å². The van der Waals surface area contributed by atoms with Crippen LogP contribution in [0.25, 0.3) is 0 Å². The second kappa shape index (κ2) is 4.68.